The van der Waals surface area contributed by atoms with E-state index in [-0.39, 0.29) is 0 Å². The van der Waals surface area contributed by atoms with Crippen LogP contribution in [0.5, 0.6) is 0 Å². The van der Waals surface area contributed by atoms with E-state index in [4.69, 9.17) is 0 Å². The van der Waals surface area contributed by atoms with Gasteiger partial charge in [0.2, 0.25) is 0 Å². The molecular formula is C14H21N. The second-order valence-electron chi connectivity index (χ2n) is 4.81. The van der Waals surface area contributed by atoms with Crippen molar-refractivity contribution < 1.29 is 0 Å². The Morgan fingerprint density at radius 1 is 1.33 bits per heavy atom. The molecule has 1 heterocycles. The highest BCUT2D eigenvalue weighted by Crippen LogP contribution is 2.20. The Morgan fingerprint density at radius 3 is 2.87 bits per heavy atom. The minimum atomic E-state index is 0.680. The van der Waals surface area contributed by atoms with Crippen molar-refractivity contribution in [1.29, 1.82) is 0 Å². The molecule has 1 saturated heterocycles. The van der Waals surface area contributed by atoms with E-state index in [9.17, 15) is 0 Å². The molecule has 0 amide bonds. The Hall–Kier alpha value is -0.820. The van der Waals surface area contributed by atoms with E-state index in [1.54, 1.807) is 0 Å². The average Bonchev–Trinajstić information content (AvgIpc) is 2.24. The molecule has 1 aliphatic rings. The van der Waals surface area contributed by atoms with Crippen LogP contribution in [0.15, 0.2) is 24.3 Å². The second-order valence-corrected chi connectivity index (χ2v) is 4.81. The van der Waals surface area contributed by atoms with Gasteiger partial charge in [-0.15, -0.1) is 0 Å². The molecule has 2 atom stereocenters. The van der Waals surface area contributed by atoms with E-state index < -0.39 is 0 Å². The van der Waals surface area contributed by atoms with E-state index in [0.29, 0.717) is 6.04 Å². The molecule has 1 aliphatic heterocycles. The highest BCUT2D eigenvalue weighted by Gasteiger charge is 2.20. The van der Waals surface area contributed by atoms with Crippen molar-refractivity contribution in [3.63, 3.8) is 0 Å². The quantitative estimate of drug-likeness (QED) is 0.779. The van der Waals surface area contributed by atoms with Crippen LogP contribution in [-0.2, 0) is 6.42 Å². The number of piperidine rings is 1. The summed E-state index contributed by atoms with van der Waals surface area (Å²) in [6.45, 7) is 5.78. The normalized spacial score (nSPS) is 26.5. The van der Waals surface area contributed by atoms with Gasteiger partial charge in [-0.3, -0.25) is 0 Å². The van der Waals surface area contributed by atoms with Gasteiger partial charge in [-0.1, -0.05) is 31.2 Å². The summed E-state index contributed by atoms with van der Waals surface area (Å²) >= 11 is 0. The lowest BCUT2D eigenvalue weighted by atomic mass is 9.87. The summed E-state index contributed by atoms with van der Waals surface area (Å²) in [5, 5.41) is 3.64. The lowest BCUT2D eigenvalue weighted by molar-refractivity contribution is 0.298. The Bertz CT molecular complexity index is 319. The molecule has 0 spiro atoms. The number of benzene rings is 1. The SMILES string of the molecule is Cc1ccccc1CC1NCCCC1C. The zero-order valence-electron chi connectivity index (χ0n) is 9.79. The number of aryl methyl sites for hydroxylation is 1. The molecule has 1 N–H and O–H groups in total. The van der Waals surface area contributed by atoms with E-state index >= 15 is 0 Å². The third-order valence-electron chi connectivity index (χ3n) is 3.63. The molecule has 15 heavy (non-hydrogen) atoms. The fourth-order valence-corrected chi connectivity index (χ4v) is 2.46. The zero-order chi connectivity index (χ0) is 10.7. The maximum Gasteiger partial charge on any atom is 0.0133 e. The monoisotopic (exact) mass is 203 g/mol. The van der Waals surface area contributed by atoms with Crippen LogP contribution in [0.1, 0.15) is 30.9 Å². The van der Waals surface area contributed by atoms with Gasteiger partial charge in [0.25, 0.3) is 0 Å². The fraction of sp³-hybridized carbons (Fsp3) is 0.571. The molecule has 2 rings (SSSR count). The van der Waals surface area contributed by atoms with Gasteiger partial charge in [0.15, 0.2) is 0 Å². The smallest absolute Gasteiger partial charge is 0.0133 e. The summed E-state index contributed by atoms with van der Waals surface area (Å²) < 4.78 is 0. The Kier molecular flexibility index (Phi) is 3.42. The summed E-state index contributed by atoms with van der Waals surface area (Å²) in [6.07, 6.45) is 3.91. The molecule has 1 nitrogen and oxygen atoms in total. The predicted molar refractivity (Wildman–Crippen MR) is 65.1 cm³/mol. The first-order chi connectivity index (χ1) is 7.27. The standard InChI is InChI=1S/C14H21N/c1-11-6-3-4-8-13(11)10-14-12(2)7-5-9-15-14/h3-4,6,8,12,14-15H,5,7,9-10H2,1-2H3. The highest BCUT2D eigenvalue weighted by atomic mass is 14.9. The van der Waals surface area contributed by atoms with Gasteiger partial charge in [0.05, 0.1) is 0 Å². The van der Waals surface area contributed by atoms with Crippen LogP contribution in [0.25, 0.3) is 0 Å². The molecule has 0 bridgehead atoms. The van der Waals surface area contributed by atoms with Crippen LogP contribution in [0.3, 0.4) is 0 Å². The molecule has 0 aliphatic carbocycles. The molecular weight excluding hydrogens is 182 g/mol. The van der Waals surface area contributed by atoms with Gasteiger partial charge in [0, 0.05) is 6.04 Å². The van der Waals surface area contributed by atoms with Gasteiger partial charge in [0.1, 0.15) is 0 Å². The maximum atomic E-state index is 3.64. The Morgan fingerprint density at radius 2 is 2.13 bits per heavy atom. The van der Waals surface area contributed by atoms with Crippen LogP contribution in [-0.4, -0.2) is 12.6 Å². The van der Waals surface area contributed by atoms with Gasteiger partial charge in [-0.05, 0) is 49.8 Å². The molecule has 82 valence electrons. The topological polar surface area (TPSA) is 12.0 Å². The molecule has 0 aromatic heterocycles. The van der Waals surface area contributed by atoms with E-state index in [1.807, 2.05) is 0 Å². The van der Waals surface area contributed by atoms with Crippen molar-refractivity contribution >= 4 is 0 Å². The molecule has 0 radical (unpaired) electrons. The molecule has 1 aromatic rings. The summed E-state index contributed by atoms with van der Waals surface area (Å²) in [5.74, 6) is 0.818. The summed E-state index contributed by atoms with van der Waals surface area (Å²) in [5.41, 5.74) is 2.93. The van der Waals surface area contributed by atoms with Crippen LogP contribution in [0.2, 0.25) is 0 Å². The number of hydrogen-bond acceptors (Lipinski definition) is 1. The lowest BCUT2D eigenvalue weighted by Gasteiger charge is -2.30. The number of nitrogens with one attached hydrogen (secondary N) is 1. The predicted octanol–water partition coefficient (Wildman–Crippen LogP) is 2.93. The molecule has 1 fully saturated rings. The van der Waals surface area contributed by atoms with Gasteiger partial charge in [-0.2, -0.15) is 0 Å². The van der Waals surface area contributed by atoms with Crippen molar-refractivity contribution in [2.45, 2.75) is 39.2 Å². The molecule has 0 saturated carbocycles. The molecule has 1 aromatic carbocycles. The summed E-state index contributed by atoms with van der Waals surface area (Å²) in [4.78, 5) is 0. The van der Waals surface area contributed by atoms with E-state index in [2.05, 4.69) is 43.4 Å². The highest BCUT2D eigenvalue weighted by molar-refractivity contribution is 5.26. The first-order valence-corrected chi connectivity index (χ1v) is 6.05. The van der Waals surface area contributed by atoms with E-state index in [1.165, 1.54) is 36.9 Å². The third kappa shape index (κ3) is 2.60. The minimum absolute atomic E-state index is 0.680. The van der Waals surface area contributed by atoms with Crippen molar-refractivity contribution in [2.75, 3.05) is 6.54 Å². The maximum absolute atomic E-state index is 3.64. The van der Waals surface area contributed by atoms with Gasteiger partial charge < -0.3 is 5.32 Å². The van der Waals surface area contributed by atoms with Crippen LogP contribution in [0, 0.1) is 12.8 Å². The third-order valence-corrected chi connectivity index (χ3v) is 3.63. The lowest BCUT2D eigenvalue weighted by Crippen LogP contribution is -2.41. The van der Waals surface area contributed by atoms with Crippen molar-refractivity contribution in [3.8, 4) is 0 Å². The number of rotatable bonds is 2. The van der Waals surface area contributed by atoms with Crippen LogP contribution >= 0.6 is 0 Å². The van der Waals surface area contributed by atoms with Crippen molar-refractivity contribution in [3.05, 3.63) is 35.4 Å². The molecule has 1 heteroatoms. The fourth-order valence-electron chi connectivity index (χ4n) is 2.46. The Labute approximate surface area is 92.9 Å². The van der Waals surface area contributed by atoms with Crippen molar-refractivity contribution in [2.24, 2.45) is 5.92 Å². The van der Waals surface area contributed by atoms with Crippen LogP contribution in [0.4, 0.5) is 0 Å². The minimum Gasteiger partial charge on any atom is -0.313 e. The average molecular weight is 203 g/mol. The summed E-state index contributed by atoms with van der Waals surface area (Å²) in [7, 11) is 0. The van der Waals surface area contributed by atoms with E-state index in [0.717, 1.165) is 5.92 Å². The second kappa shape index (κ2) is 4.80. The molecule has 2 unspecified atom stereocenters. The van der Waals surface area contributed by atoms with Crippen molar-refractivity contribution in [1.82, 2.24) is 5.32 Å². The van der Waals surface area contributed by atoms with Crippen LogP contribution < -0.4 is 5.32 Å². The first kappa shape index (κ1) is 10.7. The Balaban J connectivity index is 2.04. The summed E-state index contributed by atoms with van der Waals surface area (Å²) in [6, 6.07) is 9.42. The zero-order valence-corrected chi connectivity index (χ0v) is 9.79. The van der Waals surface area contributed by atoms with Gasteiger partial charge >= 0.3 is 0 Å². The largest absolute Gasteiger partial charge is 0.313 e. The number of hydrogen-bond donors (Lipinski definition) is 1. The first-order valence-electron chi connectivity index (χ1n) is 6.05. The van der Waals surface area contributed by atoms with Gasteiger partial charge in [-0.25, -0.2) is 0 Å².